The van der Waals surface area contributed by atoms with Crippen molar-refractivity contribution in [2.24, 2.45) is 11.8 Å². The van der Waals surface area contributed by atoms with Crippen LogP contribution in [0, 0.1) is 11.8 Å². The van der Waals surface area contributed by atoms with Crippen LogP contribution in [0.15, 0.2) is 59.3 Å². The van der Waals surface area contributed by atoms with Crippen LogP contribution in [0.25, 0.3) is 0 Å². The molecule has 1 aliphatic heterocycles. The molecule has 3 heterocycles. The second-order valence-electron chi connectivity index (χ2n) is 11.2. The van der Waals surface area contributed by atoms with Gasteiger partial charge in [-0.25, -0.2) is 9.97 Å². The van der Waals surface area contributed by atoms with Crippen LogP contribution >= 0.6 is 0 Å². The van der Waals surface area contributed by atoms with Crippen LogP contribution in [0.2, 0.25) is 0 Å². The summed E-state index contributed by atoms with van der Waals surface area (Å²) in [6.45, 7) is 2.64. The third-order valence-corrected chi connectivity index (χ3v) is 8.25. The molecule has 0 spiro atoms. The number of carbonyl (C=O) groups is 1. The summed E-state index contributed by atoms with van der Waals surface area (Å²) >= 11 is 0. The van der Waals surface area contributed by atoms with Crippen molar-refractivity contribution < 1.29 is 14.3 Å². The van der Waals surface area contributed by atoms with Gasteiger partial charge in [0.25, 0.3) is 0 Å². The summed E-state index contributed by atoms with van der Waals surface area (Å²) in [5.41, 5.74) is 3.39. The van der Waals surface area contributed by atoms with Crippen molar-refractivity contribution >= 4 is 23.1 Å². The van der Waals surface area contributed by atoms with Gasteiger partial charge in [-0.1, -0.05) is 6.07 Å². The van der Waals surface area contributed by atoms with E-state index >= 15 is 0 Å². The zero-order valence-corrected chi connectivity index (χ0v) is 23.2. The highest BCUT2D eigenvalue weighted by Crippen LogP contribution is 2.31. The number of nitrogens with zero attached hydrogens (tertiary/aromatic N) is 5. The molecule has 0 atom stereocenters. The van der Waals surface area contributed by atoms with Gasteiger partial charge >= 0.3 is 0 Å². The second kappa shape index (κ2) is 12.6. The fourth-order valence-corrected chi connectivity index (χ4v) is 5.80. The minimum absolute atomic E-state index is 0.0542. The molecular formula is C31H41N5O3. The Hall–Kier alpha value is -3.39. The summed E-state index contributed by atoms with van der Waals surface area (Å²) in [6, 6.07) is 14.7. The molecule has 1 saturated heterocycles. The van der Waals surface area contributed by atoms with Crippen LogP contribution in [0.3, 0.4) is 0 Å². The SMILES string of the molecule is CN(C)c1ccc(N2CCC(CN(C(=O)C3CCC(O)CC3)c3cccc(CCc4ncco4)n3)CC2)cc1. The topological polar surface area (TPSA) is 85.9 Å². The number of anilines is 3. The summed E-state index contributed by atoms with van der Waals surface area (Å²) in [4.78, 5) is 29.5. The molecular weight excluding hydrogens is 490 g/mol. The molecule has 1 aromatic carbocycles. The Morgan fingerprint density at radius 2 is 1.74 bits per heavy atom. The van der Waals surface area contributed by atoms with E-state index in [1.165, 1.54) is 11.4 Å². The van der Waals surface area contributed by atoms with Crippen LogP contribution < -0.4 is 14.7 Å². The molecule has 0 unspecified atom stereocenters. The minimum atomic E-state index is -0.282. The first-order valence-electron chi connectivity index (χ1n) is 14.3. The number of carbonyl (C=O) groups excluding carboxylic acids is 1. The molecule has 2 aliphatic rings. The standard InChI is InChI=1S/C31H41N5O3/c1-34(2)26-9-11-27(12-10-26)35-19-16-23(17-20-35)22-36(31(38)24-6-13-28(37)14-7-24)29-5-3-4-25(33-29)8-15-30-32-18-21-39-30/h3-5,9-12,18,21,23-24,28,37H,6-8,13-17,19-20,22H2,1-2H3. The molecule has 1 N–H and O–H groups in total. The fraction of sp³-hybridized carbons (Fsp3) is 0.516. The number of aromatic nitrogens is 2. The smallest absolute Gasteiger partial charge is 0.231 e. The van der Waals surface area contributed by atoms with E-state index in [1.807, 2.05) is 23.1 Å². The van der Waals surface area contributed by atoms with Crippen molar-refractivity contribution in [1.82, 2.24) is 9.97 Å². The quantitative estimate of drug-likeness (QED) is 0.428. The normalized spacial score (nSPS) is 20.1. The number of aliphatic hydroxyl groups excluding tert-OH is 1. The lowest BCUT2D eigenvalue weighted by Crippen LogP contribution is -2.44. The largest absolute Gasteiger partial charge is 0.449 e. The maximum Gasteiger partial charge on any atom is 0.231 e. The van der Waals surface area contributed by atoms with Gasteiger partial charge in [0.05, 0.1) is 12.3 Å². The van der Waals surface area contributed by atoms with E-state index in [1.54, 1.807) is 12.5 Å². The third-order valence-electron chi connectivity index (χ3n) is 8.25. The number of hydrogen-bond acceptors (Lipinski definition) is 7. The molecule has 0 bridgehead atoms. The predicted octanol–water partition coefficient (Wildman–Crippen LogP) is 4.72. The van der Waals surface area contributed by atoms with Crippen LogP contribution in [0.1, 0.15) is 50.1 Å². The van der Waals surface area contributed by atoms with Crippen molar-refractivity contribution in [3.05, 3.63) is 66.5 Å². The summed E-state index contributed by atoms with van der Waals surface area (Å²) in [6.07, 6.45) is 9.27. The average molecular weight is 532 g/mol. The maximum atomic E-state index is 13.9. The van der Waals surface area contributed by atoms with Crippen molar-refractivity contribution in [2.75, 3.05) is 48.4 Å². The van der Waals surface area contributed by atoms with Crippen LogP contribution in [-0.4, -0.2) is 60.8 Å². The Bertz CT molecular complexity index is 1180. The highest BCUT2D eigenvalue weighted by atomic mass is 16.3. The fourth-order valence-electron chi connectivity index (χ4n) is 5.80. The van der Waals surface area contributed by atoms with Crippen molar-refractivity contribution in [3.8, 4) is 0 Å². The molecule has 0 radical (unpaired) electrons. The van der Waals surface area contributed by atoms with E-state index in [2.05, 4.69) is 53.1 Å². The summed E-state index contributed by atoms with van der Waals surface area (Å²) < 4.78 is 5.39. The lowest BCUT2D eigenvalue weighted by molar-refractivity contribution is -0.124. The minimum Gasteiger partial charge on any atom is -0.449 e. The molecule has 3 aromatic rings. The number of rotatable bonds is 9. The zero-order valence-electron chi connectivity index (χ0n) is 23.2. The summed E-state index contributed by atoms with van der Waals surface area (Å²) in [7, 11) is 4.12. The van der Waals surface area contributed by atoms with Gasteiger partial charge in [0.2, 0.25) is 5.91 Å². The molecule has 39 heavy (non-hydrogen) atoms. The number of aliphatic hydroxyl groups is 1. The van der Waals surface area contributed by atoms with Gasteiger partial charge < -0.3 is 19.3 Å². The number of piperidine rings is 1. The highest BCUT2D eigenvalue weighted by Gasteiger charge is 2.32. The van der Waals surface area contributed by atoms with Crippen LogP contribution in [0.4, 0.5) is 17.2 Å². The van der Waals surface area contributed by atoms with Gasteiger partial charge in [0.1, 0.15) is 12.1 Å². The van der Waals surface area contributed by atoms with E-state index in [0.29, 0.717) is 44.0 Å². The second-order valence-corrected chi connectivity index (χ2v) is 11.2. The van der Waals surface area contributed by atoms with Gasteiger partial charge in [-0.15, -0.1) is 0 Å². The van der Waals surface area contributed by atoms with Gasteiger partial charge in [0.15, 0.2) is 5.89 Å². The van der Waals surface area contributed by atoms with E-state index in [-0.39, 0.29) is 17.9 Å². The van der Waals surface area contributed by atoms with Crippen molar-refractivity contribution in [1.29, 1.82) is 0 Å². The van der Waals surface area contributed by atoms with E-state index in [0.717, 1.165) is 50.3 Å². The number of hydrogen-bond donors (Lipinski definition) is 1. The molecule has 208 valence electrons. The zero-order chi connectivity index (χ0) is 27.2. The summed E-state index contributed by atoms with van der Waals surface area (Å²) in [5, 5.41) is 10.0. The monoisotopic (exact) mass is 531 g/mol. The Labute approximate surface area is 231 Å². The molecule has 8 heteroatoms. The number of aryl methyl sites for hydroxylation is 2. The number of amides is 1. The molecule has 2 fully saturated rings. The molecule has 1 aliphatic carbocycles. The van der Waals surface area contributed by atoms with Crippen molar-refractivity contribution in [2.45, 2.75) is 57.5 Å². The van der Waals surface area contributed by atoms with Gasteiger partial charge in [0, 0.05) is 63.1 Å². The average Bonchev–Trinajstić information content (AvgIpc) is 3.49. The first kappa shape index (κ1) is 27.2. The third kappa shape index (κ3) is 6.98. The van der Waals surface area contributed by atoms with Gasteiger partial charge in [-0.3, -0.25) is 9.69 Å². The molecule has 5 rings (SSSR count). The highest BCUT2D eigenvalue weighted by molar-refractivity contribution is 5.94. The molecule has 2 aromatic heterocycles. The number of benzene rings is 1. The molecule has 8 nitrogen and oxygen atoms in total. The molecule has 1 saturated carbocycles. The van der Waals surface area contributed by atoms with Gasteiger partial charge in [-0.2, -0.15) is 0 Å². The van der Waals surface area contributed by atoms with Crippen LogP contribution in [-0.2, 0) is 17.6 Å². The lowest BCUT2D eigenvalue weighted by Gasteiger charge is -2.37. The Morgan fingerprint density at radius 1 is 1.00 bits per heavy atom. The Morgan fingerprint density at radius 3 is 2.41 bits per heavy atom. The van der Waals surface area contributed by atoms with Crippen LogP contribution in [0.5, 0.6) is 0 Å². The van der Waals surface area contributed by atoms with E-state index in [4.69, 9.17) is 9.40 Å². The Kier molecular flexibility index (Phi) is 8.81. The van der Waals surface area contributed by atoms with E-state index < -0.39 is 0 Å². The summed E-state index contributed by atoms with van der Waals surface area (Å²) in [5.74, 6) is 1.94. The first-order chi connectivity index (χ1) is 19.0. The molecule has 1 amide bonds. The number of pyridine rings is 1. The van der Waals surface area contributed by atoms with Crippen molar-refractivity contribution in [3.63, 3.8) is 0 Å². The van der Waals surface area contributed by atoms with Gasteiger partial charge in [-0.05, 0) is 87.3 Å². The maximum absolute atomic E-state index is 13.9. The van der Waals surface area contributed by atoms with E-state index in [9.17, 15) is 9.90 Å². The number of oxazole rings is 1. The lowest BCUT2D eigenvalue weighted by atomic mass is 9.86. The predicted molar refractivity (Wildman–Crippen MR) is 154 cm³/mol. The Balaban J connectivity index is 1.27. The first-order valence-corrected chi connectivity index (χ1v) is 14.3.